The summed E-state index contributed by atoms with van der Waals surface area (Å²) in [6.07, 6.45) is 0.524. The van der Waals surface area contributed by atoms with Gasteiger partial charge < -0.3 is 15.7 Å². The van der Waals surface area contributed by atoms with Crippen LogP contribution in [0.2, 0.25) is 0 Å². The summed E-state index contributed by atoms with van der Waals surface area (Å²) in [5.74, 6) is 1.93. The molecule has 22 heavy (non-hydrogen) atoms. The lowest BCUT2D eigenvalue weighted by Gasteiger charge is -2.28. The van der Waals surface area contributed by atoms with Crippen LogP contribution in [0.1, 0.15) is 18.9 Å². The van der Waals surface area contributed by atoms with E-state index in [2.05, 4.69) is 42.7 Å². The Hall–Kier alpha value is -0.660. The predicted molar refractivity (Wildman–Crippen MR) is 95.7 cm³/mol. The van der Waals surface area contributed by atoms with Crippen molar-refractivity contribution in [2.24, 2.45) is 0 Å². The summed E-state index contributed by atoms with van der Waals surface area (Å²) < 4.78 is 1.24. The van der Waals surface area contributed by atoms with Gasteiger partial charge in [0.2, 0.25) is 0 Å². The van der Waals surface area contributed by atoms with E-state index in [0.29, 0.717) is 6.54 Å². The fraction of sp³-hybridized carbons (Fsp3) is 0.562. The van der Waals surface area contributed by atoms with Crippen LogP contribution in [-0.4, -0.2) is 45.9 Å². The molecule has 1 saturated heterocycles. The van der Waals surface area contributed by atoms with E-state index >= 15 is 0 Å². The standard InChI is InChI=1S/C16H23N3OS2/c1-16(2,18-8-13(20)12-9-21-10-17-12)7-15-19-11-5-3-4-6-14(11)22-15/h3-6,12-13,17-18,20H,7-10H2,1-2H3/t12-,13+/m1/s1. The average molecular weight is 338 g/mol. The predicted octanol–water partition coefficient (Wildman–Crippen LogP) is 2.23. The van der Waals surface area contributed by atoms with Gasteiger partial charge in [-0.25, -0.2) is 4.98 Å². The molecule has 2 atom stereocenters. The molecule has 120 valence electrons. The molecule has 3 N–H and O–H groups in total. The van der Waals surface area contributed by atoms with Gasteiger partial charge in [-0.3, -0.25) is 0 Å². The molecule has 3 rings (SSSR count). The highest BCUT2D eigenvalue weighted by atomic mass is 32.2. The van der Waals surface area contributed by atoms with Crippen LogP contribution in [0.25, 0.3) is 10.2 Å². The molecule has 0 saturated carbocycles. The normalized spacial score (nSPS) is 20.6. The average Bonchev–Trinajstić information content (AvgIpc) is 3.12. The summed E-state index contributed by atoms with van der Waals surface area (Å²) >= 11 is 3.60. The molecule has 1 aliphatic rings. The molecular formula is C16H23N3OS2. The third kappa shape index (κ3) is 4.00. The number of nitrogens with zero attached hydrogens (tertiary/aromatic N) is 1. The Bertz CT molecular complexity index is 590. The van der Waals surface area contributed by atoms with Gasteiger partial charge in [-0.1, -0.05) is 12.1 Å². The van der Waals surface area contributed by atoms with Gasteiger partial charge in [0, 0.05) is 36.2 Å². The van der Waals surface area contributed by atoms with E-state index in [9.17, 15) is 5.11 Å². The Kier molecular flexibility index (Phi) is 5.04. The van der Waals surface area contributed by atoms with E-state index < -0.39 is 0 Å². The number of fused-ring (bicyclic) bond motifs is 1. The highest BCUT2D eigenvalue weighted by Crippen LogP contribution is 2.24. The number of thioether (sulfide) groups is 1. The fourth-order valence-corrected chi connectivity index (χ4v) is 4.86. The Balaban J connectivity index is 1.57. The lowest BCUT2D eigenvalue weighted by molar-refractivity contribution is 0.129. The van der Waals surface area contributed by atoms with E-state index in [1.165, 1.54) is 4.70 Å². The molecule has 4 nitrogen and oxygen atoms in total. The van der Waals surface area contributed by atoms with Gasteiger partial charge in [0.15, 0.2) is 0 Å². The molecule has 0 spiro atoms. The lowest BCUT2D eigenvalue weighted by Crippen LogP contribution is -2.50. The monoisotopic (exact) mass is 337 g/mol. The van der Waals surface area contributed by atoms with Crippen molar-refractivity contribution in [1.29, 1.82) is 0 Å². The van der Waals surface area contributed by atoms with Gasteiger partial charge >= 0.3 is 0 Å². The van der Waals surface area contributed by atoms with Crippen LogP contribution in [0.3, 0.4) is 0 Å². The Morgan fingerprint density at radius 1 is 1.45 bits per heavy atom. The smallest absolute Gasteiger partial charge is 0.0956 e. The second-order valence-electron chi connectivity index (χ2n) is 6.41. The Morgan fingerprint density at radius 2 is 2.27 bits per heavy atom. The van der Waals surface area contributed by atoms with Crippen LogP contribution >= 0.6 is 23.1 Å². The molecule has 0 amide bonds. The van der Waals surface area contributed by atoms with Gasteiger partial charge in [-0.05, 0) is 26.0 Å². The van der Waals surface area contributed by atoms with Crippen LogP contribution < -0.4 is 10.6 Å². The molecule has 0 aliphatic carbocycles. The summed E-state index contributed by atoms with van der Waals surface area (Å²) in [5.41, 5.74) is 0.992. The maximum Gasteiger partial charge on any atom is 0.0956 e. The summed E-state index contributed by atoms with van der Waals surface area (Å²) in [7, 11) is 0. The van der Waals surface area contributed by atoms with Crippen molar-refractivity contribution in [2.45, 2.75) is 38.0 Å². The highest BCUT2D eigenvalue weighted by molar-refractivity contribution is 7.99. The highest BCUT2D eigenvalue weighted by Gasteiger charge is 2.26. The zero-order valence-corrected chi connectivity index (χ0v) is 14.6. The number of β-amino-alcohol motifs (C(OH)–C–C–N with tert-alkyl or cyclic N) is 1. The van der Waals surface area contributed by atoms with Crippen molar-refractivity contribution < 1.29 is 5.11 Å². The van der Waals surface area contributed by atoms with Crippen molar-refractivity contribution in [2.75, 3.05) is 18.2 Å². The van der Waals surface area contributed by atoms with Crippen molar-refractivity contribution in [3.63, 3.8) is 0 Å². The van der Waals surface area contributed by atoms with Crippen molar-refractivity contribution in [3.05, 3.63) is 29.3 Å². The summed E-state index contributed by atoms with van der Waals surface area (Å²) in [6.45, 7) is 4.95. The van der Waals surface area contributed by atoms with E-state index in [1.54, 1.807) is 11.3 Å². The number of aliphatic hydroxyl groups is 1. The molecule has 1 aliphatic heterocycles. The van der Waals surface area contributed by atoms with E-state index in [-0.39, 0.29) is 17.7 Å². The first-order valence-electron chi connectivity index (χ1n) is 7.62. The van der Waals surface area contributed by atoms with Gasteiger partial charge in [-0.15, -0.1) is 23.1 Å². The third-order valence-electron chi connectivity index (χ3n) is 3.93. The van der Waals surface area contributed by atoms with Crippen molar-refractivity contribution in [1.82, 2.24) is 15.6 Å². The number of rotatable bonds is 6. The molecule has 1 aromatic carbocycles. The molecule has 0 bridgehead atoms. The zero-order valence-electron chi connectivity index (χ0n) is 13.0. The molecule has 0 radical (unpaired) electrons. The SMILES string of the molecule is CC(C)(Cc1nc2ccccc2s1)NC[C@H](O)[C@H]1CSCN1. The van der Waals surface area contributed by atoms with E-state index in [4.69, 9.17) is 4.98 Å². The number of thiazole rings is 1. The lowest BCUT2D eigenvalue weighted by atomic mass is 10.0. The topological polar surface area (TPSA) is 57.2 Å². The first kappa shape index (κ1) is 16.2. The van der Waals surface area contributed by atoms with Gasteiger partial charge in [0.05, 0.1) is 21.3 Å². The summed E-state index contributed by atoms with van der Waals surface area (Å²) in [6, 6.07) is 8.46. The summed E-state index contributed by atoms with van der Waals surface area (Å²) in [5, 5.41) is 18.2. The van der Waals surface area contributed by atoms with Crippen LogP contribution in [-0.2, 0) is 6.42 Å². The zero-order chi connectivity index (χ0) is 15.6. The van der Waals surface area contributed by atoms with Gasteiger partial charge in [-0.2, -0.15) is 0 Å². The first-order valence-corrected chi connectivity index (χ1v) is 9.59. The molecule has 1 fully saturated rings. The molecule has 2 heterocycles. The quantitative estimate of drug-likeness (QED) is 0.755. The largest absolute Gasteiger partial charge is 0.390 e. The minimum atomic E-state index is -0.343. The van der Waals surface area contributed by atoms with Crippen LogP contribution in [0.15, 0.2) is 24.3 Å². The Labute approximate surface area is 139 Å². The fourth-order valence-electron chi connectivity index (χ4n) is 2.62. The number of hydrogen-bond acceptors (Lipinski definition) is 6. The second-order valence-corrected chi connectivity index (χ2v) is 8.56. The van der Waals surface area contributed by atoms with Crippen molar-refractivity contribution in [3.8, 4) is 0 Å². The molecule has 1 aromatic heterocycles. The number of benzene rings is 1. The number of nitrogens with one attached hydrogen (secondary N) is 2. The minimum absolute atomic E-state index is 0.0827. The van der Waals surface area contributed by atoms with Crippen molar-refractivity contribution >= 4 is 33.3 Å². The minimum Gasteiger partial charge on any atom is -0.390 e. The number of para-hydroxylation sites is 1. The Morgan fingerprint density at radius 3 is 3.00 bits per heavy atom. The second kappa shape index (κ2) is 6.84. The molecule has 0 unspecified atom stereocenters. The third-order valence-corrected chi connectivity index (χ3v) is 5.93. The molecule has 6 heteroatoms. The van der Waals surface area contributed by atoms with Gasteiger partial charge in [0.1, 0.15) is 0 Å². The maximum atomic E-state index is 10.2. The number of aliphatic hydroxyl groups excluding tert-OH is 1. The summed E-state index contributed by atoms with van der Waals surface area (Å²) in [4.78, 5) is 4.70. The van der Waals surface area contributed by atoms with E-state index in [1.807, 2.05) is 17.8 Å². The molecular weight excluding hydrogens is 314 g/mol. The molecule has 2 aromatic rings. The number of aromatic nitrogens is 1. The number of hydrogen-bond donors (Lipinski definition) is 3. The van der Waals surface area contributed by atoms with Gasteiger partial charge in [0.25, 0.3) is 0 Å². The van der Waals surface area contributed by atoms with Crippen LogP contribution in [0.5, 0.6) is 0 Å². The van der Waals surface area contributed by atoms with Crippen LogP contribution in [0.4, 0.5) is 0 Å². The first-order chi connectivity index (χ1) is 10.5. The van der Waals surface area contributed by atoms with E-state index in [0.717, 1.165) is 28.6 Å². The maximum absolute atomic E-state index is 10.2. The van der Waals surface area contributed by atoms with Crippen LogP contribution in [0, 0.1) is 0 Å².